The second-order valence-electron chi connectivity index (χ2n) is 6.18. The van der Waals surface area contributed by atoms with Crippen LogP contribution in [0.3, 0.4) is 0 Å². The Balaban J connectivity index is 1.80. The number of carbonyl (C=O) groups excluding carboxylic acids is 1. The maximum atomic E-state index is 12.5. The number of nitrogens with zero attached hydrogens (tertiary/aromatic N) is 1. The van der Waals surface area contributed by atoms with Crippen molar-refractivity contribution < 1.29 is 4.79 Å². The van der Waals surface area contributed by atoms with Gasteiger partial charge in [0, 0.05) is 17.6 Å². The Morgan fingerprint density at radius 3 is 2.32 bits per heavy atom. The number of hydrogen-bond acceptors (Lipinski definition) is 3. The van der Waals surface area contributed by atoms with Gasteiger partial charge in [-0.2, -0.15) is 0 Å². The molecule has 126 valence electrons. The van der Waals surface area contributed by atoms with Gasteiger partial charge in [-0.15, -0.1) is 0 Å². The Morgan fingerprint density at radius 1 is 0.880 bits per heavy atom. The van der Waals surface area contributed by atoms with Crippen molar-refractivity contribution in [2.45, 2.75) is 20.8 Å². The third-order valence-electron chi connectivity index (χ3n) is 4.03. The van der Waals surface area contributed by atoms with Crippen molar-refractivity contribution in [1.29, 1.82) is 0 Å². The first-order valence-corrected chi connectivity index (χ1v) is 8.19. The van der Waals surface area contributed by atoms with Crippen LogP contribution in [0, 0.1) is 20.8 Å². The monoisotopic (exact) mass is 331 g/mol. The molecule has 1 amide bonds. The number of amides is 1. The maximum absolute atomic E-state index is 12.5. The van der Waals surface area contributed by atoms with Crippen molar-refractivity contribution >= 4 is 23.0 Å². The number of nitrogens with one attached hydrogen (secondary N) is 2. The predicted molar refractivity (Wildman–Crippen MR) is 103 cm³/mol. The summed E-state index contributed by atoms with van der Waals surface area (Å²) in [6, 6.07) is 15.7. The lowest BCUT2D eigenvalue weighted by Gasteiger charge is -2.13. The van der Waals surface area contributed by atoms with E-state index in [2.05, 4.69) is 41.6 Å². The number of para-hydroxylation sites is 1. The summed E-state index contributed by atoms with van der Waals surface area (Å²) < 4.78 is 0. The van der Waals surface area contributed by atoms with Gasteiger partial charge < -0.3 is 10.6 Å². The molecular formula is C21H21N3O. The Kier molecular flexibility index (Phi) is 4.80. The normalized spacial score (nSPS) is 10.4. The molecule has 2 aromatic carbocycles. The van der Waals surface area contributed by atoms with Gasteiger partial charge in [-0.05, 0) is 55.7 Å². The molecule has 0 atom stereocenters. The lowest BCUT2D eigenvalue weighted by molar-refractivity contribution is 0.102. The van der Waals surface area contributed by atoms with Crippen LogP contribution in [-0.2, 0) is 0 Å². The fourth-order valence-corrected chi connectivity index (χ4v) is 2.71. The zero-order valence-electron chi connectivity index (χ0n) is 14.6. The van der Waals surface area contributed by atoms with E-state index in [9.17, 15) is 4.79 Å². The van der Waals surface area contributed by atoms with E-state index in [1.807, 2.05) is 43.3 Å². The van der Waals surface area contributed by atoms with Gasteiger partial charge in [-0.3, -0.25) is 9.78 Å². The van der Waals surface area contributed by atoms with E-state index >= 15 is 0 Å². The summed E-state index contributed by atoms with van der Waals surface area (Å²) in [4.78, 5) is 16.7. The third kappa shape index (κ3) is 4.04. The second kappa shape index (κ2) is 7.18. The fraction of sp³-hybridized carbons (Fsp3) is 0.143. The number of aryl methyl sites for hydroxylation is 3. The quantitative estimate of drug-likeness (QED) is 0.707. The Morgan fingerprint density at radius 2 is 1.60 bits per heavy atom. The van der Waals surface area contributed by atoms with Crippen molar-refractivity contribution in [3.63, 3.8) is 0 Å². The van der Waals surface area contributed by atoms with Crippen LogP contribution in [0.25, 0.3) is 0 Å². The smallest absolute Gasteiger partial charge is 0.257 e. The first kappa shape index (κ1) is 16.7. The molecule has 1 heterocycles. The molecule has 0 aliphatic rings. The van der Waals surface area contributed by atoms with Crippen molar-refractivity contribution in [3.8, 4) is 0 Å². The van der Waals surface area contributed by atoms with Gasteiger partial charge in [0.1, 0.15) is 0 Å². The van der Waals surface area contributed by atoms with E-state index in [0.717, 1.165) is 33.8 Å². The van der Waals surface area contributed by atoms with E-state index in [0.29, 0.717) is 5.56 Å². The van der Waals surface area contributed by atoms with Crippen LogP contribution >= 0.6 is 0 Å². The number of pyridine rings is 1. The fourth-order valence-electron chi connectivity index (χ4n) is 2.71. The highest BCUT2D eigenvalue weighted by Crippen LogP contribution is 2.24. The van der Waals surface area contributed by atoms with E-state index in [-0.39, 0.29) is 5.91 Å². The van der Waals surface area contributed by atoms with Crippen molar-refractivity contribution in [3.05, 3.63) is 83.2 Å². The number of anilines is 3. The van der Waals surface area contributed by atoms with Gasteiger partial charge in [-0.25, -0.2) is 0 Å². The Labute approximate surface area is 147 Å². The predicted octanol–water partition coefficient (Wildman–Crippen LogP) is 5.00. The van der Waals surface area contributed by atoms with Crippen LogP contribution in [0.15, 0.2) is 60.9 Å². The molecule has 0 spiro atoms. The molecule has 0 unspecified atom stereocenters. The molecule has 3 aromatic rings. The summed E-state index contributed by atoms with van der Waals surface area (Å²) in [7, 11) is 0. The second-order valence-corrected chi connectivity index (χ2v) is 6.18. The van der Waals surface area contributed by atoms with Crippen molar-refractivity contribution in [2.75, 3.05) is 10.6 Å². The average Bonchev–Trinajstić information content (AvgIpc) is 2.58. The summed E-state index contributed by atoms with van der Waals surface area (Å²) >= 11 is 0. The summed E-state index contributed by atoms with van der Waals surface area (Å²) in [6.45, 7) is 6.10. The van der Waals surface area contributed by atoms with Gasteiger partial charge in [-0.1, -0.05) is 30.3 Å². The topological polar surface area (TPSA) is 54.0 Å². The highest BCUT2D eigenvalue weighted by atomic mass is 16.1. The van der Waals surface area contributed by atoms with Crippen LogP contribution in [0.5, 0.6) is 0 Å². The Hall–Kier alpha value is -3.14. The summed E-state index contributed by atoms with van der Waals surface area (Å²) in [5.41, 5.74) is 6.51. The van der Waals surface area contributed by atoms with Crippen LogP contribution in [0.1, 0.15) is 27.0 Å². The van der Waals surface area contributed by atoms with Gasteiger partial charge >= 0.3 is 0 Å². The molecule has 0 saturated heterocycles. The first-order valence-electron chi connectivity index (χ1n) is 8.19. The van der Waals surface area contributed by atoms with Gasteiger partial charge in [0.2, 0.25) is 0 Å². The summed E-state index contributed by atoms with van der Waals surface area (Å²) in [6.07, 6.45) is 3.29. The van der Waals surface area contributed by atoms with Gasteiger partial charge in [0.15, 0.2) is 0 Å². The SMILES string of the molecule is Cc1cccc(NC(=O)c2cncc(Nc3c(C)cccc3C)c2)c1. The molecule has 0 aliphatic carbocycles. The molecule has 0 aliphatic heterocycles. The van der Waals surface area contributed by atoms with Crippen LogP contribution < -0.4 is 10.6 Å². The number of benzene rings is 2. The molecule has 1 aromatic heterocycles. The average molecular weight is 331 g/mol. The number of rotatable bonds is 4. The zero-order valence-corrected chi connectivity index (χ0v) is 14.6. The van der Waals surface area contributed by atoms with Crippen molar-refractivity contribution in [2.24, 2.45) is 0 Å². The highest BCUT2D eigenvalue weighted by Gasteiger charge is 2.09. The molecular weight excluding hydrogens is 310 g/mol. The lowest BCUT2D eigenvalue weighted by Crippen LogP contribution is -2.12. The molecule has 0 saturated carbocycles. The standard InChI is InChI=1S/C21H21N3O/c1-14-6-4-9-18(10-14)24-21(25)17-11-19(13-22-12-17)23-20-15(2)7-5-8-16(20)3/h4-13,23H,1-3H3,(H,24,25). The Bertz CT molecular complexity index is 898. The zero-order chi connectivity index (χ0) is 17.8. The molecule has 25 heavy (non-hydrogen) atoms. The van der Waals surface area contributed by atoms with E-state index < -0.39 is 0 Å². The summed E-state index contributed by atoms with van der Waals surface area (Å²) in [5.74, 6) is -0.178. The van der Waals surface area contributed by atoms with Crippen LogP contribution in [0.4, 0.5) is 17.1 Å². The van der Waals surface area contributed by atoms with E-state index in [1.165, 1.54) is 0 Å². The van der Waals surface area contributed by atoms with Gasteiger partial charge in [0.25, 0.3) is 5.91 Å². The van der Waals surface area contributed by atoms with Crippen molar-refractivity contribution in [1.82, 2.24) is 4.98 Å². The van der Waals surface area contributed by atoms with E-state index in [4.69, 9.17) is 0 Å². The summed E-state index contributed by atoms with van der Waals surface area (Å²) in [5, 5.41) is 6.27. The number of aromatic nitrogens is 1. The largest absolute Gasteiger partial charge is 0.354 e. The minimum absolute atomic E-state index is 0.178. The molecule has 4 nitrogen and oxygen atoms in total. The number of carbonyl (C=O) groups is 1. The highest BCUT2D eigenvalue weighted by molar-refractivity contribution is 6.04. The molecule has 3 rings (SSSR count). The molecule has 4 heteroatoms. The molecule has 2 N–H and O–H groups in total. The minimum atomic E-state index is -0.178. The molecule has 0 radical (unpaired) electrons. The van der Waals surface area contributed by atoms with E-state index in [1.54, 1.807) is 12.4 Å². The lowest BCUT2D eigenvalue weighted by atomic mass is 10.1. The van der Waals surface area contributed by atoms with Crippen LogP contribution in [-0.4, -0.2) is 10.9 Å². The first-order chi connectivity index (χ1) is 12.0. The molecule has 0 fully saturated rings. The molecule has 0 bridgehead atoms. The number of hydrogen-bond donors (Lipinski definition) is 2. The maximum Gasteiger partial charge on any atom is 0.257 e. The minimum Gasteiger partial charge on any atom is -0.354 e. The van der Waals surface area contributed by atoms with Gasteiger partial charge in [0.05, 0.1) is 17.4 Å². The van der Waals surface area contributed by atoms with Crippen LogP contribution in [0.2, 0.25) is 0 Å². The third-order valence-corrected chi connectivity index (χ3v) is 4.03.